The molecule has 0 atom stereocenters. The van der Waals surface area contributed by atoms with Crippen LogP contribution in [-0.4, -0.2) is 130 Å². The van der Waals surface area contributed by atoms with E-state index < -0.39 is 69.1 Å². The Balaban J connectivity index is -0.000000535. The van der Waals surface area contributed by atoms with Gasteiger partial charge in [-0.1, -0.05) is 11.6 Å². The molecule has 0 fully saturated rings. The number of nitrogens with zero attached hydrogens (tertiary/aromatic N) is 5. The van der Waals surface area contributed by atoms with E-state index in [0.29, 0.717) is 17.0 Å². The first kappa shape index (κ1) is 95.7. The molecule has 0 saturated heterocycles. The van der Waals surface area contributed by atoms with Crippen LogP contribution in [-0.2, 0) is 4.57 Å². The molecule has 4 amide bonds. The minimum Gasteiger partial charge on any atom is -0.870 e. The summed E-state index contributed by atoms with van der Waals surface area (Å²) < 4.78 is 128. The number of amides is 4. The number of nitriles is 1. The molecule has 0 unspecified atom stereocenters. The Kier molecular flexibility index (Phi) is 43.7. The molecule has 3 aromatic heterocycles. The van der Waals surface area contributed by atoms with Crippen molar-refractivity contribution in [3.05, 3.63) is 107 Å². The molecule has 0 aliphatic heterocycles. The van der Waals surface area contributed by atoms with Gasteiger partial charge in [0.25, 0.3) is 17.4 Å². The van der Waals surface area contributed by atoms with Gasteiger partial charge in [-0.15, -0.1) is 0 Å². The Morgan fingerprint density at radius 3 is 1.27 bits per heavy atom. The van der Waals surface area contributed by atoms with Crippen molar-refractivity contribution in [3.63, 3.8) is 0 Å². The molecule has 5 aromatic carbocycles. The van der Waals surface area contributed by atoms with Crippen LogP contribution in [0.15, 0.2) is 39.9 Å². The molecule has 0 saturated carbocycles. The molecule has 19 N–H and O–H groups in total. The van der Waals surface area contributed by atoms with Gasteiger partial charge in [0.05, 0.1) is 105 Å². The van der Waals surface area contributed by atoms with Gasteiger partial charge in [-0.3, -0.25) is 23.9 Å². The quantitative estimate of drug-likeness (QED) is 0.0149. The van der Waals surface area contributed by atoms with E-state index in [1.165, 1.54) is 95.4 Å². The first-order chi connectivity index (χ1) is 43.1. The molecule has 0 spiro atoms. The number of hydrogen-bond acceptors (Lipinski definition) is 26. The number of aromatic amines is 2. The van der Waals surface area contributed by atoms with E-state index in [0.717, 1.165) is 6.07 Å². The largest absolute Gasteiger partial charge is 1.00 e. The molecule has 8 rings (SSSR count). The Hall–Kier alpha value is -7.68. The van der Waals surface area contributed by atoms with E-state index in [1.54, 1.807) is 0 Å². The number of H-pyrrole nitrogens is 2. The zero-order valence-electron chi connectivity index (χ0n) is 52.2. The molecule has 8 aromatic rings. The summed E-state index contributed by atoms with van der Waals surface area (Å²) in [5.74, 6) is -5.89. The summed E-state index contributed by atoms with van der Waals surface area (Å²) in [6.07, 6.45) is 0.500. The van der Waals surface area contributed by atoms with E-state index in [4.69, 9.17) is 121 Å². The maximum atomic E-state index is 14.1. The molecule has 0 aliphatic rings. The first-order valence-electron chi connectivity index (χ1n) is 23.6. The van der Waals surface area contributed by atoms with E-state index in [9.17, 15) is 50.5 Å². The monoisotopic (exact) mass is 1540 g/mol. The number of nitrogens with two attached hydrogens (primary N) is 5. The van der Waals surface area contributed by atoms with Crippen molar-refractivity contribution >= 4 is 141 Å². The minimum absolute atomic E-state index is 0. The third-order valence-corrected chi connectivity index (χ3v) is 11.5. The zero-order chi connectivity index (χ0) is 70.4. The predicted octanol–water partition coefficient (Wildman–Crippen LogP) is 1.25. The Morgan fingerprint density at radius 1 is 0.557 bits per heavy atom. The van der Waals surface area contributed by atoms with Crippen molar-refractivity contribution in [2.45, 2.75) is 0 Å². The predicted molar refractivity (Wildman–Crippen MR) is 338 cm³/mol. The molecule has 3 heterocycles. The number of fused-ring (bicyclic) bond motifs is 3. The summed E-state index contributed by atoms with van der Waals surface area (Å²) in [6, 6.07) is 5.64. The number of anilines is 3. The normalized spacial score (nSPS) is 9.57. The smallest absolute Gasteiger partial charge is 0.870 e. The second kappa shape index (κ2) is 44.3. The van der Waals surface area contributed by atoms with Crippen molar-refractivity contribution in [2.75, 3.05) is 87.9 Å². The van der Waals surface area contributed by atoms with Gasteiger partial charge in [0.15, 0.2) is 86.6 Å². The Morgan fingerprint density at radius 2 is 0.887 bits per heavy atom. The first-order valence-corrected chi connectivity index (χ1v) is 29.2. The SMILES string of the molecule is COc1cc(C(N)=O)c(N)c(F)c1OC.COc1cc(C(N)=O)c(NC(N)=O)c(F)c1OC.COc1cc2c(=O)[nH]c(=O)[nH]c2c(F)c1OC.COc1cc2c(Cl)nc(Cl)nc2c(F)c1OC.COc1cc2c(N)nc(Cl)nc2c(F)c1OC.N.N#C[O-].O.O=P(Cl)(Cl)Cl.[Na+].[Na+].[OH-]. The van der Waals surface area contributed by atoms with Crippen molar-refractivity contribution in [1.82, 2.24) is 36.1 Å². The Labute approximate surface area is 617 Å². The second-order valence-corrected chi connectivity index (χ2v) is 23.7. The van der Waals surface area contributed by atoms with E-state index >= 15 is 0 Å². The number of urea groups is 1. The van der Waals surface area contributed by atoms with E-state index in [-0.39, 0.29) is 194 Å². The molecule has 33 nitrogen and oxygen atoms in total. The zero-order valence-corrected chi connectivity index (χ0v) is 61.6. The number of benzene rings is 5. The number of ether oxygens (including phenoxy) is 10. The van der Waals surface area contributed by atoms with Crippen LogP contribution >= 0.6 is 73.7 Å². The van der Waals surface area contributed by atoms with Crippen LogP contribution in [0.4, 0.5) is 43.9 Å². The number of nitrogen functional groups attached to an aromatic ring is 2. The van der Waals surface area contributed by atoms with Crippen LogP contribution < -0.4 is 163 Å². The summed E-state index contributed by atoms with van der Waals surface area (Å²) in [7, 11) is 13.1. The number of methoxy groups -OCH3 is 10. The molecule has 0 aliphatic carbocycles. The summed E-state index contributed by atoms with van der Waals surface area (Å²) in [5, 5.41) is 14.2. The molecule has 97 heavy (non-hydrogen) atoms. The summed E-state index contributed by atoms with van der Waals surface area (Å²) in [4.78, 5) is 74.7. The second-order valence-electron chi connectivity index (χ2n) is 16.0. The number of nitrogens with one attached hydrogen (secondary N) is 3. The van der Waals surface area contributed by atoms with Gasteiger partial charge in [-0.2, -0.15) is 0 Å². The van der Waals surface area contributed by atoms with Crippen LogP contribution in [0, 0.1) is 40.6 Å². The average molecular weight is 1540 g/mol. The fourth-order valence-corrected chi connectivity index (χ4v) is 7.73. The van der Waals surface area contributed by atoms with E-state index in [1.807, 2.05) is 10.3 Å². The molecule has 522 valence electrons. The van der Waals surface area contributed by atoms with Crippen LogP contribution in [0.1, 0.15) is 20.7 Å². The van der Waals surface area contributed by atoms with E-state index in [2.05, 4.69) is 58.6 Å². The topological polar surface area (TPSA) is 563 Å². The van der Waals surface area contributed by atoms with Gasteiger partial charge < -0.3 is 109 Å². The van der Waals surface area contributed by atoms with Crippen molar-refractivity contribution in [2.24, 2.45) is 17.2 Å². The van der Waals surface area contributed by atoms with Gasteiger partial charge in [0.1, 0.15) is 22.0 Å². The molecular weight excluding hydrogens is 1490 g/mol. The standard InChI is InChI=1S/C10H7Cl2FN2O2.C10H9ClFN3O2.C10H12FN3O4.C10H9FN2O4.C9H11FN2O3.CHNO.Cl3OP.H3N.2Na.2H2O/c1-16-5-3-4-7(6(13)8(5)17-2)14-10(12)15-9(4)11;1-16-5-3-4-7(6(12)8(5)17-2)14-10(11)15-9(4)13;1-17-5-3-4(9(12)15)7(14-10(13)16)6(11)8(5)18-2;1-16-5-3-4-7(6(11)8(5)17-2)12-10(15)13-9(4)14;1-14-5-3-4(9(12)13)7(11)6(10)8(5)15-2;2-1-3;1-5(2,3)4;;;;;/h3H,1-2H3;3H,1-2H3,(H2,13,14,15);3H,1-2H3,(H2,12,15)(H3,13,14,16);3H,1-2H3,(H2,12,13,14,15);3H,11H2,1-2H3,(H2,12,13);3H;;1H3;;;2*1H2/q;;;;;;;;2*+1;;/p-2. The number of hydrogen-bond donors (Lipinski definition) is 9. The minimum atomic E-state index is -3.22. The van der Waals surface area contributed by atoms with Gasteiger partial charge in [-0.25, -0.2) is 56.7 Å². The van der Waals surface area contributed by atoms with Gasteiger partial charge in [0, 0.05) is 17.0 Å². The van der Waals surface area contributed by atoms with Crippen molar-refractivity contribution in [3.8, 4) is 63.8 Å². The van der Waals surface area contributed by atoms with Gasteiger partial charge >= 0.3 is 76.0 Å². The number of carbonyl (C=O) groups is 3. The van der Waals surface area contributed by atoms with Crippen LogP contribution in [0.25, 0.3) is 32.7 Å². The number of halogens is 11. The fourth-order valence-electron chi connectivity index (χ4n) is 7.11. The number of aromatic nitrogens is 6. The molecule has 0 radical (unpaired) electrons. The van der Waals surface area contributed by atoms with Crippen LogP contribution in [0.3, 0.4) is 0 Å². The number of primary amides is 3. The summed E-state index contributed by atoms with van der Waals surface area (Å²) >= 11 is 31.0. The summed E-state index contributed by atoms with van der Waals surface area (Å²) in [6.45, 7) is 0. The van der Waals surface area contributed by atoms with Crippen molar-refractivity contribution < 1.29 is 163 Å². The fraction of sp³-hybridized carbons (Fsp3) is 0.200. The summed E-state index contributed by atoms with van der Waals surface area (Å²) in [5.41, 5.74) is 23.1. The Bertz CT molecular complexity index is 4160. The van der Waals surface area contributed by atoms with Crippen molar-refractivity contribution in [1.29, 1.82) is 5.26 Å². The third-order valence-electron chi connectivity index (χ3n) is 10.8. The number of rotatable bonds is 13. The maximum absolute atomic E-state index is 14.1. The third kappa shape index (κ3) is 25.6. The van der Waals surface area contributed by atoms with Crippen LogP contribution in [0.5, 0.6) is 57.5 Å². The molecule has 47 heteroatoms. The van der Waals surface area contributed by atoms with Gasteiger partial charge in [-0.05, 0) is 87.3 Å². The average Bonchev–Trinajstić information content (AvgIpc) is 0.810. The van der Waals surface area contributed by atoms with Crippen LogP contribution in [0.2, 0.25) is 15.7 Å². The van der Waals surface area contributed by atoms with Gasteiger partial charge in [0.2, 0.25) is 10.6 Å². The number of carbonyl (C=O) groups excluding carboxylic acids is 3. The molecule has 0 bridgehead atoms. The maximum Gasteiger partial charge on any atom is 1.00 e. The molecular formula is C50H54Cl6F5N14Na2O19P.